The largest absolute Gasteiger partial charge is 0.418 e. The molecule has 11 heteroatoms. The fraction of sp³-hybridized carbons (Fsp3) is 0.200. The number of hydrogen-bond acceptors (Lipinski definition) is 4. The third kappa shape index (κ3) is 2.71. The number of alkyl halides is 6. The van der Waals surface area contributed by atoms with Crippen LogP contribution in [0.5, 0.6) is 0 Å². The van der Waals surface area contributed by atoms with E-state index in [9.17, 15) is 26.3 Å². The van der Waals surface area contributed by atoms with Crippen LogP contribution in [0.25, 0.3) is 5.82 Å². The van der Waals surface area contributed by atoms with Crippen molar-refractivity contribution in [3.05, 3.63) is 29.6 Å². The molecule has 4 N–H and O–H groups in total. The second-order valence-corrected chi connectivity index (χ2v) is 3.98. The number of anilines is 2. The lowest BCUT2D eigenvalue weighted by Crippen LogP contribution is -2.18. The highest BCUT2D eigenvalue weighted by molar-refractivity contribution is 5.60. The first-order valence-electron chi connectivity index (χ1n) is 5.25. The molecule has 21 heavy (non-hydrogen) atoms. The maximum Gasteiger partial charge on any atom is 0.418 e. The van der Waals surface area contributed by atoms with Gasteiger partial charge < -0.3 is 11.5 Å². The first-order valence-corrected chi connectivity index (χ1v) is 5.25. The number of aromatic nitrogens is 3. The fourth-order valence-corrected chi connectivity index (χ4v) is 1.57. The molecule has 0 aromatic carbocycles. The summed E-state index contributed by atoms with van der Waals surface area (Å²) in [7, 11) is 0. The number of pyridine rings is 1. The van der Waals surface area contributed by atoms with Crippen molar-refractivity contribution in [3.8, 4) is 5.82 Å². The summed E-state index contributed by atoms with van der Waals surface area (Å²) < 4.78 is 76.8. The maximum absolute atomic E-state index is 12.8. The van der Waals surface area contributed by atoms with E-state index in [-0.39, 0.29) is 23.8 Å². The molecule has 0 atom stereocenters. The zero-order valence-electron chi connectivity index (χ0n) is 10.00. The Morgan fingerprint density at radius 1 is 0.905 bits per heavy atom. The van der Waals surface area contributed by atoms with E-state index in [2.05, 4.69) is 10.1 Å². The molecule has 0 fully saturated rings. The SMILES string of the molecule is Nc1cnn(-c2cc(C(F)(F)F)c(C(F)(F)F)cn2)c1N. The molecule has 2 rings (SSSR count). The molecule has 0 amide bonds. The zero-order valence-corrected chi connectivity index (χ0v) is 10.00. The van der Waals surface area contributed by atoms with Crippen molar-refractivity contribution < 1.29 is 26.3 Å². The Bertz CT molecular complexity index is 672. The van der Waals surface area contributed by atoms with Gasteiger partial charge in [0.25, 0.3) is 0 Å². The number of nitrogens with zero attached hydrogens (tertiary/aromatic N) is 3. The molecule has 0 saturated carbocycles. The number of nitrogen functional groups attached to an aromatic ring is 2. The van der Waals surface area contributed by atoms with E-state index in [4.69, 9.17) is 11.5 Å². The van der Waals surface area contributed by atoms with E-state index in [1.165, 1.54) is 0 Å². The Morgan fingerprint density at radius 2 is 1.48 bits per heavy atom. The average molecular weight is 311 g/mol. The Hall–Kier alpha value is -2.46. The molecule has 2 heterocycles. The highest BCUT2D eigenvalue weighted by Gasteiger charge is 2.43. The van der Waals surface area contributed by atoms with Gasteiger partial charge in [0.15, 0.2) is 11.6 Å². The molecule has 0 unspecified atom stereocenters. The van der Waals surface area contributed by atoms with Crippen molar-refractivity contribution in [1.82, 2.24) is 14.8 Å². The zero-order chi connectivity index (χ0) is 16.0. The van der Waals surface area contributed by atoms with Crippen molar-refractivity contribution in [3.63, 3.8) is 0 Å². The van der Waals surface area contributed by atoms with Crippen LogP contribution in [0.3, 0.4) is 0 Å². The van der Waals surface area contributed by atoms with Crippen LogP contribution in [0.2, 0.25) is 0 Å². The summed E-state index contributed by atoms with van der Waals surface area (Å²) in [6, 6.07) is 0.214. The summed E-state index contributed by atoms with van der Waals surface area (Å²) in [4.78, 5) is 3.31. The second-order valence-electron chi connectivity index (χ2n) is 3.98. The molecule has 0 radical (unpaired) electrons. The van der Waals surface area contributed by atoms with E-state index in [1.807, 2.05) is 0 Å². The van der Waals surface area contributed by atoms with Crippen LogP contribution in [-0.2, 0) is 12.4 Å². The second kappa shape index (κ2) is 4.53. The van der Waals surface area contributed by atoms with Gasteiger partial charge in [0.2, 0.25) is 0 Å². The van der Waals surface area contributed by atoms with E-state index >= 15 is 0 Å². The lowest BCUT2D eigenvalue weighted by atomic mass is 10.1. The van der Waals surface area contributed by atoms with Crippen LogP contribution in [0.4, 0.5) is 37.8 Å². The van der Waals surface area contributed by atoms with Crippen molar-refractivity contribution in [2.75, 3.05) is 11.5 Å². The van der Waals surface area contributed by atoms with Crippen LogP contribution >= 0.6 is 0 Å². The standard InChI is InChI=1S/C10H7F6N5/c11-9(12,13)4-1-7(19-2-5(4)10(14,15)16)21-8(18)6(17)3-20-21/h1-3H,17-18H2. The van der Waals surface area contributed by atoms with Crippen LogP contribution in [0.1, 0.15) is 11.1 Å². The topological polar surface area (TPSA) is 82.8 Å². The molecule has 0 aliphatic heterocycles. The molecule has 0 bridgehead atoms. The minimum atomic E-state index is -5.21. The molecule has 0 spiro atoms. The molecule has 2 aromatic rings. The Kier molecular flexibility index (Phi) is 3.22. The number of halogens is 6. The van der Waals surface area contributed by atoms with Crippen LogP contribution < -0.4 is 11.5 Å². The molecule has 0 aliphatic rings. The predicted molar refractivity (Wildman–Crippen MR) is 60.2 cm³/mol. The minimum Gasteiger partial charge on any atom is -0.394 e. The summed E-state index contributed by atoms with van der Waals surface area (Å²) in [6.45, 7) is 0. The molecular formula is C10H7F6N5. The van der Waals surface area contributed by atoms with Crippen LogP contribution in [0.15, 0.2) is 18.5 Å². The van der Waals surface area contributed by atoms with Gasteiger partial charge in [-0.25, -0.2) is 4.98 Å². The van der Waals surface area contributed by atoms with E-state index in [1.54, 1.807) is 0 Å². The van der Waals surface area contributed by atoms with Crippen molar-refractivity contribution in [2.24, 2.45) is 0 Å². The molecule has 114 valence electrons. The third-order valence-corrected chi connectivity index (χ3v) is 2.55. The van der Waals surface area contributed by atoms with Crippen LogP contribution in [-0.4, -0.2) is 14.8 Å². The van der Waals surface area contributed by atoms with Gasteiger partial charge in [-0.15, -0.1) is 0 Å². The average Bonchev–Trinajstić information content (AvgIpc) is 2.67. The summed E-state index contributed by atoms with van der Waals surface area (Å²) in [5.74, 6) is -0.750. The van der Waals surface area contributed by atoms with Gasteiger partial charge in [-0.1, -0.05) is 0 Å². The smallest absolute Gasteiger partial charge is 0.394 e. The number of rotatable bonds is 1. The summed E-state index contributed by atoms with van der Waals surface area (Å²) in [5, 5.41) is 3.56. The minimum absolute atomic E-state index is 0.0368. The molecular weight excluding hydrogens is 304 g/mol. The van der Waals surface area contributed by atoms with E-state index < -0.39 is 29.3 Å². The highest BCUT2D eigenvalue weighted by atomic mass is 19.4. The quantitative estimate of drug-likeness (QED) is 0.793. The monoisotopic (exact) mass is 311 g/mol. The normalized spacial score (nSPS) is 12.7. The number of hydrogen-bond donors (Lipinski definition) is 2. The van der Waals surface area contributed by atoms with Gasteiger partial charge in [0.05, 0.1) is 23.0 Å². The summed E-state index contributed by atoms with van der Waals surface area (Å²) in [6.07, 6.45) is -9.28. The van der Waals surface area contributed by atoms with E-state index in [0.29, 0.717) is 4.68 Å². The molecule has 2 aromatic heterocycles. The molecule has 0 aliphatic carbocycles. The lowest BCUT2D eigenvalue weighted by molar-refractivity contribution is -0.162. The van der Waals surface area contributed by atoms with Crippen molar-refractivity contribution in [2.45, 2.75) is 12.4 Å². The number of nitrogens with two attached hydrogens (primary N) is 2. The van der Waals surface area contributed by atoms with Gasteiger partial charge in [-0.2, -0.15) is 36.1 Å². The fourth-order valence-electron chi connectivity index (χ4n) is 1.57. The first kappa shape index (κ1) is 14.9. The van der Waals surface area contributed by atoms with Gasteiger partial charge in [-0.3, -0.25) is 0 Å². The van der Waals surface area contributed by atoms with Gasteiger partial charge in [-0.05, 0) is 6.07 Å². The third-order valence-electron chi connectivity index (χ3n) is 2.55. The van der Waals surface area contributed by atoms with Crippen LogP contribution in [0, 0.1) is 0 Å². The first-order chi connectivity index (χ1) is 9.51. The van der Waals surface area contributed by atoms with Gasteiger partial charge in [0, 0.05) is 6.20 Å². The van der Waals surface area contributed by atoms with Gasteiger partial charge >= 0.3 is 12.4 Å². The van der Waals surface area contributed by atoms with E-state index in [0.717, 1.165) is 6.20 Å². The lowest BCUT2D eigenvalue weighted by Gasteiger charge is -2.16. The Balaban J connectivity index is 2.66. The van der Waals surface area contributed by atoms with Crippen molar-refractivity contribution in [1.29, 1.82) is 0 Å². The summed E-state index contributed by atoms with van der Waals surface area (Å²) in [5.41, 5.74) is 7.00. The van der Waals surface area contributed by atoms with Crippen molar-refractivity contribution >= 4 is 11.5 Å². The Morgan fingerprint density at radius 3 is 1.90 bits per heavy atom. The molecule has 5 nitrogen and oxygen atoms in total. The highest BCUT2D eigenvalue weighted by Crippen LogP contribution is 2.40. The predicted octanol–water partition coefficient (Wildman–Crippen LogP) is 2.47. The summed E-state index contributed by atoms with van der Waals surface area (Å²) >= 11 is 0. The maximum atomic E-state index is 12.8. The van der Waals surface area contributed by atoms with Gasteiger partial charge in [0.1, 0.15) is 0 Å². The Labute approximate surface area is 113 Å². The molecule has 0 saturated heterocycles.